The lowest BCUT2D eigenvalue weighted by Crippen LogP contribution is -2.16. The summed E-state index contributed by atoms with van der Waals surface area (Å²) in [4.78, 5) is 12.2. The number of rotatable bonds is 2. The molecule has 1 saturated carbocycles. The molecular weight excluding hydrogens is 186 g/mol. The van der Waals surface area contributed by atoms with E-state index in [-0.39, 0.29) is 5.92 Å². The second kappa shape index (κ2) is 4.65. The van der Waals surface area contributed by atoms with Crippen LogP contribution >= 0.6 is 0 Å². The Morgan fingerprint density at radius 2 is 1.93 bits per heavy atom. The van der Waals surface area contributed by atoms with Gasteiger partial charge in [0.25, 0.3) is 0 Å². The van der Waals surface area contributed by atoms with Gasteiger partial charge in [0, 0.05) is 19.2 Å². The molecule has 1 aliphatic rings. The van der Waals surface area contributed by atoms with Gasteiger partial charge in [0.1, 0.15) is 0 Å². The molecule has 82 valence electrons. The predicted molar refractivity (Wildman–Crippen MR) is 60.9 cm³/mol. The largest absolute Gasteiger partial charge is 0.348 e. The minimum atomic E-state index is 0.279. The zero-order valence-electron chi connectivity index (χ0n) is 9.41. The van der Waals surface area contributed by atoms with Crippen molar-refractivity contribution in [3.63, 3.8) is 0 Å². The first-order chi connectivity index (χ1) is 7.29. The number of hydrogen-bond donors (Lipinski definition) is 0. The van der Waals surface area contributed by atoms with Crippen LogP contribution in [0.3, 0.4) is 0 Å². The van der Waals surface area contributed by atoms with Crippen LogP contribution in [0, 0.1) is 5.92 Å². The van der Waals surface area contributed by atoms with Crippen molar-refractivity contribution in [1.29, 1.82) is 0 Å². The van der Waals surface area contributed by atoms with E-state index < -0.39 is 0 Å². The fraction of sp³-hybridized carbons (Fsp3) is 0.615. The fourth-order valence-electron chi connectivity index (χ4n) is 2.47. The van der Waals surface area contributed by atoms with Crippen LogP contribution in [-0.4, -0.2) is 10.4 Å². The van der Waals surface area contributed by atoms with Gasteiger partial charge in [-0.15, -0.1) is 0 Å². The molecule has 0 aromatic carbocycles. The highest BCUT2D eigenvalue weighted by atomic mass is 16.1. The number of ketones is 1. The zero-order valence-corrected chi connectivity index (χ0v) is 9.41. The van der Waals surface area contributed by atoms with Crippen molar-refractivity contribution < 1.29 is 4.79 Å². The van der Waals surface area contributed by atoms with Gasteiger partial charge in [-0.2, -0.15) is 0 Å². The Kier molecular flexibility index (Phi) is 3.24. The summed E-state index contributed by atoms with van der Waals surface area (Å²) < 4.78 is 1.94. The van der Waals surface area contributed by atoms with E-state index in [4.69, 9.17) is 0 Å². The monoisotopic (exact) mass is 205 g/mol. The number of aryl methyl sites for hydroxylation is 1. The van der Waals surface area contributed by atoms with Gasteiger partial charge in [-0.05, 0) is 25.0 Å². The lowest BCUT2D eigenvalue weighted by atomic mass is 9.93. The lowest BCUT2D eigenvalue weighted by molar-refractivity contribution is 0.0899. The van der Waals surface area contributed by atoms with Crippen LogP contribution in [0.15, 0.2) is 18.3 Å². The maximum atomic E-state index is 12.2. The van der Waals surface area contributed by atoms with Crippen LogP contribution in [-0.2, 0) is 7.05 Å². The van der Waals surface area contributed by atoms with E-state index in [1.165, 1.54) is 25.7 Å². The zero-order chi connectivity index (χ0) is 10.7. The van der Waals surface area contributed by atoms with E-state index in [0.717, 1.165) is 18.5 Å². The molecule has 15 heavy (non-hydrogen) atoms. The van der Waals surface area contributed by atoms with Crippen LogP contribution in [0.5, 0.6) is 0 Å². The minimum absolute atomic E-state index is 0.279. The van der Waals surface area contributed by atoms with E-state index >= 15 is 0 Å². The standard InChI is InChI=1S/C13H19NO/c1-14-10-6-9-12(14)13(15)11-7-4-2-3-5-8-11/h6,9-11H,2-5,7-8H2,1H3. The Bertz CT molecular complexity index is 332. The van der Waals surface area contributed by atoms with Gasteiger partial charge in [-0.3, -0.25) is 4.79 Å². The van der Waals surface area contributed by atoms with Crippen LogP contribution in [0.1, 0.15) is 49.0 Å². The van der Waals surface area contributed by atoms with Gasteiger partial charge < -0.3 is 4.57 Å². The van der Waals surface area contributed by atoms with Gasteiger partial charge >= 0.3 is 0 Å². The van der Waals surface area contributed by atoms with Gasteiger partial charge in [0.05, 0.1) is 5.69 Å². The van der Waals surface area contributed by atoms with Crippen LogP contribution < -0.4 is 0 Å². The third-order valence-corrected chi connectivity index (χ3v) is 3.42. The summed E-state index contributed by atoms with van der Waals surface area (Å²) in [6, 6.07) is 3.89. The van der Waals surface area contributed by atoms with Gasteiger partial charge in [0.2, 0.25) is 0 Å². The van der Waals surface area contributed by atoms with Crippen molar-refractivity contribution in [2.24, 2.45) is 13.0 Å². The average molecular weight is 205 g/mol. The smallest absolute Gasteiger partial charge is 0.182 e. The summed E-state index contributed by atoms with van der Waals surface area (Å²) in [7, 11) is 1.95. The number of carbonyl (C=O) groups excluding carboxylic acids is 1. The van der Waals surface area contributed by atoms with E-state index in [2.05, 4.69) is 0 Å². The highest BCUT2D eigenvalue weighted by Gasteiger charge is 2.22. The molecule has 0 amide bonds. The van der Waals surface area contributed by atoms with Gasteiger partial charge in [0.15, 0.2) is 5.78 Å². The first-order valence-corrected chi connectivity index (χ1v) is 5.94. The summed E-state index contributed by atoms with van der Waals surface area (Å²) in [6.45, 7) is 0. The number of Topliss-reactive ketones (excluding diaryl/α,β-unsaturated/α-hetero) is 1. The quantitative estimate of drug-likeness (QED) is 0.537. The topological polar surface area (TPSA) is 22.0 Å². The molecule has 0 atom stereocenters. The first-order valence-electron chi connectivity index (χ1n) is 5.94. The van der Waals surface area contributed by atoms with E-state index in [1.54, 1.807) is 0 Å². The molecule has 0 aliphatic heterocycles. The summed E-state index contributed by atoms with van der Waals surface area (Å²) in [5, 5.41) is 0. The lowest BCUT2D eigenvalue weighted by Gasteiger charge is -2.12. The molecule has 0 bridgehead atoms. The van der Waals surface area contributed by atoms with E-state index in [9.17, 15) is 4.79 Å². The molecule has 0 N–H and O–H groups in total. The predicted octanol–water partition coefficient (Wildman–Crippen LogP) is 3.18. The normalized spacial score (nSPS) is 18.7. The molecule has 0 saturated heterocycles. The molecule has 1 aromatic heterocycles. The molecule has 1 fully saturated rings. The molecule has 2 rings (SSSR count). The van der Waals surface area contributed by atoms with Crippen LogP contribution in [0.4, 0.5) is 0 Å². The molecule has 0 unspecified atom stereocenters. The Morgan fingerprint density at radius 3 is 2.47 bits per heavy atom. The van der Waals surface area contributed by atoms with Crippen molar-refractivity contribution in [3.05, 3.63) is 24.0 Å². The third-order valence-electron chi connectivity index (χ3n) is 3.42. The van der Waals surface area contributed by atoms with Crippen molar-refractivity contribution in [2.75, 3.05) is 0 Å². The van der Waals surface area contributed by atoms with Crippen molar-refractivity contribution >= 4 is 5.78 Å². The summed E-state index contributed by atoms with van der Waals surface area (Å²) in [5.41, 5.74) is 0.877. The van der Waals surface area contributed by atoms with Crippen molar-refractivity contribution in [2.45, 2.75) is 38.5 Å². The molecule has 2 heteroatoms. The molecule has 0 spiro atoms. The molecule has 0 radical (unpaired) electrons. The second-order valence-corrected chi connectivity index (χ2v) is 4.56. The second-order valence-electron chi connectivity index (χ2n) is 4.56. The third kappa shape index (κ3) is 2.31. The van der Waals surface area contributed by atoms with Crippen LogP contribution in [0.2, 0.25) is 0 Å². The van der Waals surface area contributed by atoms with Crippen molar-refractivity contribution in [1.82, 2.24) is 4.57 Å². The SMILES string of the molecule is Cn1cccc1C(=O)C1CCCCCC1. The van der Waals surface area contributed by atoms with Gasteiger partial charge in [-0.1, -0.05) is 25.7 Å². The summed E-state index contributed by atoms with van der Waals surface area (Å²) >= 11 is 0. The van der Waals surface area contributed by atoms with Crippen molar-refractivity contribution in [3.8, 4) is 0 Å². The molecule has 1 heterocycles. The fourth-order valence-corrected chi connectivity index (χ4v) is 2.47. The Hall–Kier alpha value is -1.05. The highest BCUT2D eigenvalue weighted by Crippen LogP contribution is 2.25. The van der Waals surface area contributed by atoms with Gasteiger partial charge in [-0.25, -0.2) is 0 Å². The minimum Gasteiger partial charge on any atom is -0.348 e. The highest BCUT2D eigenvalue weighted by molar-refractivity contribution is 5.96. The molecule has 2 nitrogen and oxygen atoms in total. The Morgan fingerprint density at radius 1 is 1.27 bits per heavy atom. The molecule has 1 aliphatic carbocycles. The Labute approximate surface area is 91.3 Å². The molecule has 1 aromatic rings. The first kappa shape index (κ1) is 10.5. The maximum absolute atomic E-state index is 12.2. The number of carbonyl (C=O) groups is 1. The Balaban J connectivity index is 2.09. The van der Waals surface area contributed by atoms with E-state index in [1.807, 2.05) is 29.9 Å². The van der Waals surface area contributed by atoms with E-state index in [0.29, 0.717) is 5.78 Å². The van der Waals surface area contributed by atoms with Crippen LogP contribution in [0.25, 0.3) is 0 Å². The summed E-state index contributed by atoms with van der Waals surface area (Å²) in [5.74, 6) is 0.630. The maximum Gasteiger partial charge on any atom is 0.182 e. The number of nitrogens with zero attached hydrogens (tertiary/aromatic N) is 1. The number of hydrogen-bond acceptors (Lipinski definition) is 1. The molecular formula is C13H19NO. The number of aromatic nitrogens is 1. The average Bonchev–Trinajstić information content (AvgIpc) is 2.53. The summed E-state index contributed by atoms with van der Waals surface area (Å²) in [6.07, 6.45) is 9.17.